The fourth-order valence-corrected chi connectivity index (χ4v) is 2.68. The van der Waals surface area contributed by atoms with Crippen LogP contribution in [0.5, 0.6) is 0 Å². The van der Waals surface area contributed by atoms with Crippen molar-refractivity contribution in [1.29, 1.82) is 5.26 Å². The van der Waals surface area contributed by atoms with Crippen molar-refractivity contribution in [2.45, 2.75) is 50.6 Å². The van der Waals surface area contributed by atoms with Gasteiger partial charge in [-0.15, -0.1) is 0 Å². The minimum atomic E-state index is 0.687. The number of rotatable bonds is 1. The number of hydrogen-bond acceptors (Lipinski definition) is 2. The summed E-state index contributed by atoms with van der Waals surface area (Å²) in [5, 5.41) is 12.2. The Labute approximate surface area is 74.0 Å². The summed E-state index contributed by atoms with van der Waals surface area (Å²) in [5.41, 5.74) is 0. The lowest BCUT2D eigenvalue weighted by Gasteiger charge is -2.39. The maximum Gasteiger partial charge on any atom is 0.0624 e. The Morgan fingerprint density at radius 3 is 2.50 bits per heavy atom. The average Bonchev–Trinajstić information content (AvgIpc) is 2.04. The minimum absolute atomic E-state index is 0.687. The third kappa shape index (κ3) is 1.61. The molecule has 2 fully saturated rings. The third-order valence-electron chi connectivity index (χ3n) is 3.19. The van der Waals surface area contributed by atoms with Gasteiger partial charge in [-0.2, -0.15) is 5.26 Å². The second kappa shape index (κ2) is 3.45. The summed E-state index contributed by atoms with van der Waals surface area (Å²) in [6.45, 7) is 0. The molecule has 0 saturated carbocycles. The average molecular weight is 164 g/mol. The van der Waals surface area contributed by atoms with Crippen LogP contribution in [-0.2, 0) is 0 Å². The predicted octanol–water partition coefficient (Wildman–Crippen LogP) is 1.82. The molecule has 2 heterocycles. The van der Waals surface area contributed by atoms with E-state index >= 15 is 0 Å². The molecule has 2 heteroatoms. The van der Waals surface area contributed by atoms with Crippen molar-refractivity contribution in [3.05, 3.63) is 0 Å². The number of piperidine rings is 2. The fraction of sp³-hybridized carbons (Fsp3) is 0.900. The Bertz CT molecular complexity index is 183. The molecule has 2 aliphatic rings. The number of hydrogen-bond donors (Lipinski definition) is 1. The number of nitriles is 1. The highest BCUT2D eigenvalue weighted by Gasteiger charge is 2.30. The van der Waals surface area contributed by atoms with Crippen LogP contribution >= 0.6 is 0 Å². The Hall–Kier alpha value is -0.550. The molecule has 0 aliphatic carbocycles. The van der Waals surface area contributed by atoms with E-state index in [9.17, 15) is 0 Å². The van der Waals surface area contributed by atoms with Crippen molar-refractivity contribution in [2.75, 3.05) is 0 Å². The maximum absolute atomic E-state index is 8.61. The molecular formula is C10H16N2. The number of nitrogens with zero attached hydrogens (tertiary/aromatic N) is 1. The van der Waals surface area contributed by atoms with E-state index in [1.807, 2.05) is 0 Å². The van der Waals surface area contributed by atoms with Crippen LogP contribution < -0.4 is 5.32 Å². The summed E-state index contributed by atoms with van der Waals surface area (Å²) in [7, 11) is 0. The zero-order chi connectivity index (χ0) is 8.39. The van der Waals surface area contributed by atoms with E-state index in [0.717, 1.165) is 18.5 Å². The summed E-state index contributed by atoms with van der Waals surface area (Å²) in [4.78, 5) is 0. The zero-order valence-electron chi connectivity index (χ0n) is 7.42. The van der Waals surface area contributed by atoms with Crippen molar-refractivity contribution in [3.63, 3.8) is 0 Å². The first-order valence-electron chi connectivity index (χ1n) is 5.01. The first-order valence-corrected chi connectivity index (χ1v) is 5.01. The molecule has 0 spiro atoms. The van der Waals surface area contributed by atoms with Gasteiger partial charge in [0.2, 0.25) is 0 Å². The van der Waals surface area contributed by atoms with E-state index in [0.29, 0.717) is 5.92 Å². The highest BCUT2D eigenvalue weighted by Crippen LogP contribution is 2.30. The van der Waals surface area contributed by atoms with Crippen LogP contribution in [0.1, 0.15) is 38.5 Å². The Kier molecular flexibility index (Phi) is 2.32. The second-order valence-electron chi connectivity index (χ2n) is 4.19. The molecule has 2 saturated heterocycles. The van der Waals surface area contributed by atoms with E-state index in [-0.39, 0.29) is 0 Å². The Morgan fingerprint density at radius 2 is 1.92 bits per heavy atom. The van der Waals surface area contributed by atoms with Crippen LogP contribution in [0, 0.1) is 17.2 Å². The molecule has 2 atom stereocenters. The first-order chi connectivity index (χ1) is 5.88. The molecule has 2 unspecified atom stereocenters. The molecule has 0 radical (unpaired) electrons. The number of nitrogens with one attached hydrogen (secondary N) is 1. The van der Waals surface area contributed by atoms with Gasteiger partial charge in [0.1, 0.15) is 0 Å². The fourth-order valence-electron chi connectivity index (χ4n) is 2.68. The second-order valence-corrected chi connectivity index (χ2v) is 4.19. The largest absolute Gasteiger partial charge is 0.311 e. The van der Waals surface area contributed by atoms with Gasteiger partial charge in [-0.1, -0.05) is 6.42 Å². The van der Waals surface area contributed by atoms with Crippen molar-refractivity contribution in [1.82, 2.24) is 5.32 Å². The van der Waals surface area contributed by atoms with Gasteiger partial charge in [0, 0.05) is 18.5 Å². The zero-order valence-corrected chi connectivity index (χ0v) is 7.42. The predicted molar refractivity (Wildman–Crippen MR) is 47.5 cm³/mol. The summed E-state index contributed by atoms with van der Waals surface area (Å²) in [5.74, 6) is 0.687. The first kappa shape index (κ1) is 8.07. The van der Waals surface area contributed by atoms with Crippen molar-refractivity contribution in [3.8, 4) is 6.07 Å². The van der Waals surface area contributed by atoms with Gasteiger partial charge in [0.05, 0.1) is 6.07 Å². The van der Waals surface area contributed by atoms with E-state index in [1.54, 1.807) is 0 Å². The van der Waals surface area contributed by atoms with Crippen molar-refractivity contribution < 1.29 is 0 Å². The highest BCUT2D eigenvalue weighted by molar-refractivity contribution is 4.92. The van der Waals surface area contributed by atoms with Crippen LogP contribution in [0.25, 0.3) is 0 Å². The summed E-state index contributed by atoms with van der Waals surface area (Å²) in [6, 6.07) is 3.76. The van der Waals surface area contributed by atoms with Crippen LogP contribution in [0.2, 0.25) is 0 Å². The lowest BCUT2D eigenvalue weighted by atomic mass is 9.79. The summed E-state index contributed by atoms with van der Waals surface area (Å²) >= 11 is 0. The monoisotopic (exact) mass is 164 g/mol. The smallest absolute Gasteiger partial charge is 0.0624 e. The Balaban J connectivity index is 1.92. The van der Waals surface area contributed by atoms with E-state index in [4.69, 9.17) is 5.26 Å². The molecule has 2 aliphatic heterocycles. The Morgan fingerprint density at radius 1 is 1.25 bits per heavy atom. The molecule has 12 heavy (non-hydrogen) atoms. The van der Waals surface area contributed by atoms with Gasteiger partial charge >= 0.3 is 0 Å². The van der Waals surface area contributed by atoms with E-state index < -0.39 is 0 Å². The topological polar surface area (TPSA) is 35.8 Å². The molecule has 0 aromatic heterocycles. The molecule has 0 amide bonds. The standard InChI is InChI=1S/C10H16N2/c11-5-4-8-6-9-2-1-3-10(7-8)12-9/h8-10,12H,1-4,6-7H2. The minimum Gasteiger partial charge on any atom is -0.311 e. The molecule has 2 nitrogen and oxygen atoms in total. The quantitative estimate of drug-likeness (QED) is 0.641. The van der Waals surface area contributed by atoms with Gasteiger partial charge < -0.3 is 5.32 Å². The lowest BCUT2D eigenvalue weighted by molar-refractivity contribution is 0.188. The molecule has 2 bridgehead atoms. The van der Waals surface area contributed by atoms with Crippen molar-refractivity contribution in [2.24, 2.45) is 5.92 Å². The molecule has 66 valence electrons. The van der Waals surface area contributed by atoms with Gasteiger partial charge in [-0.05, 0) is 31.6 Å². The molecule has 0 aromatic carbocycles. The van der Waals surface area contributed by atoms with Gasteiger partial charge in [-0.25, -0.2) is 0 Å². The van der Waals surface area contributed by atoms with Crippen LogP contribution in [-0.4, -0.2) is 12.1 Å². The van der Waals surface area contributed by atoms with Crippen LogP contribution in [0.4, 0.5) is 0 Å². The lowest BCUT2D eigenvalue weighted by Crippen LogP contribution is -2.48. The highest BCUT2D eigenvalue weighted by atomic mass is 15.0. The van der Waals surface area contributed by atoms with Crippen molar-refractivity contribution >= 4 is 0 Å². The number of fused-ring (bicyclic) bond motifs is 2. The normalized spacial score (nSPS) is 40.4. The van der Waals surface area contributed by atoms with Gasteiger partial charge in [0.25, 0.3) is 0 Å². The van der Waals surface area contributed by atoms with E-state index in [1.165, 1.54) is 32.1 Å². The molecule has 1 N–H and O–H groups in total. The van der Waals surface area contributed by atoms with Crippen LogP contribution in [0.15, 0.2) is 0 Å². The summed E-state index contributed by atoms with van der Waals surface area (Å²) < 4.78 is 0. The third-order valence-corrected chi connectivity index (χ3v) is 3.19. The van der Waals surface area contributed by atoms with Crippen LogP contribution in [0.3, 0.4) is 0 Å². The van der Waals surface area contributed by atoms with Gasteiger partial charge in [-0.3, -0.25) is 0 Å². The van der Waals surface area contributed by atoms with E-state index in [2.05, 4.69) is 11.4 Å². The molecule has 2 rings (SSSR count). The summed E-state index contributed by atoms with van der Waals surface area (Å²) in [6.07, 6.45) is 7.31. The van der Waals surface area contributed by atoms with Gasteiger partial charge in [0.15, 0.2) is 0 Å². The molecule has 0 aromatic rings. The maximum atomic E-state index is 8.61. The molecular weight excluding hydrogens is 148 g/mol. The SMILES string of the molecule is N#CCC1CC2CCCC(C1)N2.